The molecule has 82 valence electrons. The highest BCUT2D eigenvalue weighted by atomic mass is 15.1. The number of hydrogen-bond acceptors (Lipinski definition) is 3. The van der Waals surface area contributed by atoms with Crippen molar-refractivity contribution in [1.82, 2.24) is 9.88 Å². The van der Waals surface area contributed by atoms with E-state index in [4.69, 9.17) is 5.73 Å². The van der Waals surface area contributed by atoms with Crippen LogP contribution in [0.25, 0.3) is 0 Å². The number of nitrogens with zero attached hydrogens (tertiary/aromatic N) is 2. The Bertz CT molecular complexity index is 324. The summed E-state index contributed by atoms with van der Waals surface area (Å²) in [5.74, 6) is 0. The Morgan fingerprint density at radius 1 is 1.60 bits per heavy atom. The molecule has 1 atom stereocenters. The molecular weight excluding hydrogens is 186 g/mol. The Labute approximate surface area is 91.3 Å². The van der Waals surface area contributed by atoms with Gasteiger partial charge in [0.2, 0.25) is 0 Å². The number of aromatic nitrogens is 1. The van der Waals surface area contributed by atoms with E-state index in [9.17, 15) is 0 Å². The first-order valence-corrected chi connectivity index (χ1v) is 5.64. The normalized spacial score (nSPS) is 22.9. The Kier molecular flexibility index (Phi) is 3.34. The summed E-state index contributed by atoms with van der Waals surface area (Å²) in [6.45, 7) is 5.25. The van der Waals surface area contributed by atoms with Crippen molar-refractivity contribution in [1.29, 1.82) is 0 Å². The van der Waals surface area contributed by atoms with E-state index >= 15 is 0 Å². The van der Waals surface area contributed by atoms with E-state index in [0.29, 0.717) is 6.04 Å². The van der Waals surface area contributed by atoms with Gasteiger partial charge in [-0.15, -0.1) is 0 Å². The van der Waals surface area contributed by atoms with E-state index in [1.165, 1.54) is 24.9 Å². The molecule has 0 aliphatic carbocycles. The van der Waals surface area contributed by atoms with Gasteiger partial charge in [0, 0.05) is 31.0 Å². The number of pyridine rings is 1. The van der Waals surface area contributed by atoms with Crippen molar-refractivity contribution in [2.24, 2.45) is 5.73 Å². The van der Waals surface area contributed by atoms with Gasteiger partial charge in [0.15, 0.2) is 0 Å². The molecule has 0 spiro atoms. The Hall–Kier alpha value is -0.930. The third-order valence-corrected chi connectivity index (χ3v) is 3.05. The van der Waals surface area contributed by atoms with Crippen molar-refractivity contribution >= 4 is 0 Å². The standard InChI is InChI=1S/C12H19N3/c1-10-11(4-2-6-14-10)8-15-7-3-5-12(13)9-15/h2,4,6,12H,3,5,7-9,13H2,1H3. The molecule has 1 aliphatic heterocycles. The summed E-state index contributed by atoms with van der Waals surface area (Å²) in [5, 5.41) is 0. The predicted molar refractivity (Wildman–Crippen MR) is 61.5 cm³/mol. The van der Waals surface area contributed by atoms with Crippen molar-refractivity contribution in [2.45, 2.75) is 32.4 Å². The van der Waals surface area contributed by atoms with Crippen LogP contribution in [0.1, 0.15) is 24.1 Å². The lowest BCUT2D eigenvalue weighted by Gasteiger charge is -2.30. The Morgan fingerprint density at radius 3 is 3.20 bits per heavy atom. The largest absolute Gasteiger partial charge is 0.327 e. The van der Waals surface area contributed by atoms with E-state index in [-0.39, 0.29) is 0 Å². The van der Waals surface area contributed by atoms with Crippen molar-refractivity contribution in [3.05, 3.63) is 29.6 Å². The third-order valence-electron chi connectivity index (χ3n) is 3.05. The van der Waals surface area contributed by atoms with Crippen molar-refractivity contribution < 1.29 is 0 Å². The van der Waals surface area contributed by atoms with E-state index in [0.717, 1.165) is 18.8 Å². The van der Waals surface area contributed by atoms with Crippen LogP contribution in [0.5, 0.6) is 0 Å². The molecular formula is C12H19N3. The fourth-order valence-electron chi connectivity index (χ4n) is 2.16. The van der Waals surface area contributed by atoms with Crippen molar-refractivity contribution in [3.63, 3.8) is 0 Å². The van der Waals surface area contributed by atoms with Gasteiger partial charge in [-0.05, 0) is 37.9 Å². The fourth-order valence-corrected chi connectivity index (χ4v) is 2.16. The van der Waals surface area contributed by atoms with Crippen LogP contribution in [0, 0.1) is 6.92 Å². The maximum atomic E-state index is 5.96. The van der Waals surface area contributed by atoms with Crippen molar-refractivity contribution in [2.75, 3.05) is 13.1 Å². The zero-order valence-corrected chi connectivity index (χ0v) is 9.32. The summed E-state index contributed by atoms with van der Waals surface area (Å²) in [7, 11) is 0. The van der Waals surface area contributed by atoms with Crippen LogP contribution in [0.2, 0.25) is 0 Å². The topological polar surface area (TPSA) is 42.2 Å². The predicted octanol–water partition coefficient (Wildman–Crippen LogP) is 1.31. The summed E-state index contributed by atoms with van der Waals surface area (Å²) in [4.78, 5) is 6.73. The molecule has 0 saturated carbocycles. The smallest absolute Gasteiger partial charge is 0.0417 e. The fraction of sp³-hybridized carbons (Fsp3) is 0.583. The second-order valence-electron chi connectivity index (χ2n) is 4.39. The van der Waals surface area contributed by atoms with Gasteiger partial charge in [-0.2, -0.15) is 0 Å². The van der Waals surface area contributed by atoms with E-state index in [1.54, 1.807) is 0 Å². The molecule has 3 nitrogen and oxygen atoms in total. The first kappa shape index (κ1) is 10.6. The molecule has 0 amide bonds. The van der Waals surface area contributed by atoms with Gasteiger partial charge < -0.3 is 5.73 Å². The molecule has 15 heavy (non-hydrogen) atoms. The first-order valence-electron chi connectivity index (χ1n) is 5.64. The Morgan fingerprint density at radius 2 is 2.47 bits per heavy atom. The van der Waals surface area contributed by atoms with Gasteiger partial charge in [-0.1, -0.05) is 6.07 Å². The second kappa shape index (κ2) is 4.73. The summed E-state index contributed by atoms with van der Waals surface area (Å²) in [6, 6.07) is 4.52. The molecule has 3 heteroatoms. The van der Waals surface area contributed by atoms with Crippen LogP contribution in [0.3, 0.4) is 0 Å². The van der Waals surface area contributed by atoms with E-state index in [2.05, 4.69) is 22.9 Å². The van der Waals surface area contributed by atoms with Gasteiger partial charge in [-0.3, -0.25) is 9.88 Å². The minimum absolute atomic E-state index is 0.357. The molecule has 0 radical (unpaired) electrons. The van der Waals surface area contributed by atoms with E-state index < -0.39 is 0 Å². The second-order valence-corrected chi connectivity index (χ2v) is 4.39. The first-order chi connectivity index (χ1) is 7.25. The van der Waals surface area contributed by atoms with Gasteiger partial charge in [0.05, 0.1) is 0 Å². The SMILES string of the molecule is Cc1ncccc1CN1CCCC(N)C1. The highest BCUT2D eigenvalue weighted by Crippen LogP contribution is 2.13. The lowest BCUT2D eigenvalue weighted by Crippen LogP contribution is -2.42. The summed E-state index contributed by atoms with van der Waals surface area (Å²) < 4.78 is 0. The number of rotatable bonds is 2. The molecule has 1 aromatic heterocycles. The third kappa shape index (κ3) is 2.76. The molecule has 2 heterocycles. The Balaban J connectivity index is 1.99. The zero-order chi connectivity index (χ0) is 10.7. The van der Waals surface area contributed by atoms with Gasteiger partial charge in [-0.25, -0.2) is 0 Å². The number of aryl methyl sites for hydroxylation is 1. The van der Waals surface area contributed by atoms with Crippen LogP contribution in [-0.4, -0.2) is 29.0 Å². The maximum absolute atomic E-state index is 5.96. The van der Waals surface area contributed by atoms with Crippen LogP contribution in [0.4, 0.5) is 0 Å². The summed E-state index contributed by atoms with van der Waals surface area (Å²) in [6.07, 6.45) is 4.24. The number of nitrogens with two attached hydrogens (primary N) is 1. The molecule has 1 fully saturated rings. The zero-order valence-electron chi connectivity index (χ0n) is 9.32. The molecule has 1 aliphatic rings. The van der Waals surface area contributed by atoms with Crippen LogP contribution in [0.15, 0.2) is 18.3 Å². The molecule has 2 rings (SSSR count). The van der Waals surface area contributed by atoms with Crippen LogP contribution >= 0.6 is 0 Å². The molecule has 1 aromatic rings. The number of hydrogen-bond donors (Lipinski definition) is 1. The van der Waals surface area contributed by atoms with Gasteiger partial charge >= 0.3 is 0 Å². The molecule has 2 N–H and O–H groups in total. The summed E-state index contributed by atoms with van der Waals surface area (Å²) >= 11 is 0. The average molecular weight is 205 g/mol. The van der Waals surface area contributed by atoms with Crippen LogP contribution < -0.4 is 5.73 Å². The molecule has 0 bridgehead atoms. The minimum atomic E-state index is 0.357. The minimum Gasteiger partial charge on any atom is -0.327 e. The number of piperidine rings is 1. The average Bonchev–Trinajstić information content (AvgIpc) is 2.22. The highest BCUT2D eigenvalue weighted by Gasteiger charge is 2.16. The quantitative estimate of drug-likeness (QED) is 0.791. The summed E-state index contributed by atoms with van der Waals surface area (Å²) in [5.41, 5.74) is 8.42. The lowest BCUT2D eigenvalue weighted by atomic mass is 10.1. The van der Waals surface area contributed by atoms with Gasteiger partial charge in [0.25, 0.3) is 0 Å². The maximum Gasteiger partial charge on any atom is 0.0417 e. The van der Waals surface area contributed by atoms with E-state index in [1.807, 2.05) is 12.3 Å². The lowest BCUT2D eigenvalue weighted by molar-refractivity contribution is 0.201. The molecule has 1 saturated heterocycles. The number of likely N-dealkylation sites (tertiary alicyclic amines) is 1. The van der Waals surface area contributed by atoms with Gasteiger partial charge in [0.1, 0.15) is 0 Å². The molecule has 1 unspecified atom stereocenters. The monoisotopic (exact) mass is 205 g/mol. The highest BCUT2D eigenvalue weighted by molar-refractivity contribution is 5.18. The van der Waals surface area contributed by atoms with Crippen LogP contribution in [-0.2, 0) is 6.54 Å². The molecule has 0 aromatic carbocycles. The van der Waals surface area contributed by atoms with Crippen molar-refractivity contribution in [3.8, 4) is 0 Å².